The lowest BCUT2D eigenvalue weighted by atomic mass is 9.94. The Labute approximate surface area is 67.5 Å². The first kappa shape index (κ1) is 6.84. The third kappa shape index (κ3) is 1.42. The molecule has 0 aromatic heterocycles. The van der Waals surface area contributed by atoms with E-state index in [1.54, 1.807) is 5.57 Å². The van der Waals surface area contributed by atoms with Gasteiger partial charge in [0.2, 0.25) is 0 Å². The van der Waals surface area contributed by atoms with E-state index < -0.39 is 0 Å². The summed E-state index contributed by atoms with van der Waals surface area (Å²) in [6.07, 6.45) is 12.5. The van der Waals surface area contributed by atoms with Gasteiger partial charge in [0.05, 0.1) is 0 Å². The quantitative estimate of drug-likeness (QED) is 0.499. The lowest BCUT2D eigenvalue weighted by molar-refractivity contribution is 0.659. The second-order valence-corrected chi connectivity index (χ2v) is 3.17. The van der Waals surface area contributed by atoms with Crippen molar-refractivity contribution < 1.29 is 0 Å². The number of aliphatic imine (C=N–C) groups is 1. The van der Waals surface area contributed by atoms with Crippen LogP contribution in [-0.4, -0.2) is 6.21 Å². The molecule has 0 aromatic rings. The van der Waals surface area contributed by atoms with Crippen molar-refractivity contribution >= 4 is 6.21 Å². The molecule has 0 saturated carbocycles. The molecule has 1 heterocycles. The highest BCUT2D eigenvalue weighted by Crippen LogP contribution is 2.28. The van der Waals surface area contributed by atoms with Gasteiger partial charge in [-0.3, -0.25) is 4.99 Å². The number of hydrogen-bond acceptors (Lipinski definition) is 1. The molecule has 2 aliphatic rings. The average Bonchev–Trinajstić information content (AvgIpc) is 2.28. The van der Waals surface area contributed by atoms with Gasteiger partial charge in [0.25, 0.3) is 0 Å². The van der Waals surface area contributed by atoms with Gasteiger partial charge >= 0.3 is 0 Å². The van der Waals surface area contributed by atoms with Crippen LogP contribution in [0.5, 0.6) is 0 Å². The monoisotopic (exact) mass is 147 g/mol. The van der Waals surface area contributed by atoms with Crippen LogP contribution < -0.4 is 0 Å². The summed E-state index contributed by atoms with van der Waals surface area (Å²) in [5.74, 6) is 0. The van der Waals surface area contributed by atoms with E-state index in [0.29, 0.717) is 0 Å². The lowest BCUT2D eigenvalue weighted by Gasteiger charge is -2.14. The summed E-state index contributed by atoms with van der Waals surface area (Å²) in [5, 5.41) is 0. The molecule has 2 rings (SSSR count). The molecule has 0 aromatic carbocycles. The van der Waals surface area contributed by atoms with Gasteiger partial charge in [0, 0.05) is 11.9 Å². The molecular formula is C10H13N. The molecule has 1 heteroatoms. The van der Waals surface area contributed by atoms with Crippen LogP contribution in [-0.2, 0) is 0 Å². The SMILES string of the molecule is C1=CCC2=C(CCCC2)N=C1. The Hall–Kier alpha value is -0.850. The minimum absolute atomic E-state index is 1.13. The van der Waals surface area contributed by atoms with E-state index >= 15 is 0 Å². The van der Waals surface area contributed by atoms with Crippen LogP contribution in [0.15, 0.2) is 28.4 Å². The van der Waals surface area contributed by atoms with E-state index in [0.717, 1.165) is 6.42 Å². The first-order valence-corrected chi connectivity index (χ1v) is 4.37. The molecule has 0 bridgehead atoms. The smallest absolute Gasteiger partial charge is 0.0398 e. The molecule has 0 saturated heterocycles. The first-order valence-electron chi connectivity index (χ1n) is 4.37. The van der Waals surface area contributed by atoms with Gasteiger partial charge in [-0.15, -0.1) is 0 Å². The molecule has 0 fully saturated rings. The summed E-state index contributed by atoms with van der Waals surface area (Å²) in [4.78, 5) is 4.41. The molecule has 0 spiro atoms. The van der Waals surface area contributed by atoms with E-state index in [4.69, 9.17) is 0 Å². The molecule has 1 aliphatic carbocycles. The molecular weight excluding hydrogens is 134 g/mol. The summed E-state index contributed by atoms with van der Waals surface area (Å²) in [5.41, 5.74) is 2.93. The van der Waals surface area contributed by atoms with Gasteiger partial charge in [-0.25, -0.2) is 0 Å². The third-order valence-corrected chi connectivity index (χ3v) is 2.37. The standard InChI is InChI=1S/C10H13N/c1-2-7-10-9(5-1)6-3-4-8-11-10/h3-4,8H,1-2,5-7H2. The van der Waals surface area contributed by atoms with Gasteiger partial charge in [-0.2, -0.15) is 0 Å². The molecule has 0 unspecified atom stereocenters. The Balaban J connectivity index is 2.26. The van der Waals surface area contributed by atoms with Crippen molar-refractivity contribution in [3.05, 3.63) is 23.4 Å². The Kier molecular flexibility index (Phi) is 1.89. The molecule has 0 atom stereocenters. The van der Waals surface area contributed by atoms with Crippen LogP contribution in [0.2, 0.25) is 0 Å². The molecule has 1 aliphatic heterocycles. The lowest BCUT2D eigenvalue weighted by Crippen LogP contribution is -1.96. The minimum atomic E-state index is 1.13. The fraction of sp³-hybridized carbons (Fsp3) is 0.500. The van der Waals surface area contributed by atoms with Crippen molar-refractivity contribution in [2.75, 3.05) is 0 Å². The molecule has 0 N–H and O–H groups in total. The van der Waals surface area contributed by atoms with E-state index in [1.807, 2.05) is 6.21 Å². The molecule has 11 heavy (non-hydrogen) atoms. The zero-order valence-corrected chi connectivity index (χ0v) is 6.71. The Morgan fingerprint density at radius 3 is 3.09 bits per heavy atom. The highest BCUT2D eigenvalue weighted by Gasteiger charge is 2.10. The first-order chi connectivity index (χ1) is 5.47. The number of rotatable bonds is 0. The fourth-order valence-electron chi connectivity index (χ4n) is 1.73. The average molecular weight is 147 g/mol. The zero-order valence-electron chi connectivity index (χ0n) is 6.71. The van der Waals surface area contributed by atoms with E-state index in [9.17, 15) is 0 Å². The maximum atomic E-state index is 4.41. The van der Waals surface area contributed by atoms with Crippen molar-refractivity contribution in [1.82, 2.24) is 0 Å². The van der Waals surface area contributed by atoms with Crippen LogP contribution in [0, 0.1) is 0 Å². The predicted molar refractivity (Wildman–Crippen MR) is 47.7 cm³/mol. The van der Waals surface area contributed by atoms with Crippen LogP contribution in [0.25, 0.3) is 0 Å². The molecule has 58 valence electrons. The van der Waals surface area contributed by atoms with E-state index in [-0.39, 0.29) is 0 Å². The van der Waals surface area contributed by atoms with Crippen LogP contribution in [0.1, 0.15) is 32.1 Å². The molecule has 0 radical (unpaired) electrons. The molecule has 1 nitrogen and oxygen atoms in total. The molecule has 0 amide bonds. The Morgan fingerprint density at radius 2 is 2.09 bits per heavy atom. The predicted octanol–water partition coefficient (Wildman–Crippen LogP) is 2.85. The zero-order chi connectivity index (χ0) is 7.52. The van der Waals surface area contributed by atoms with Crippen LogP contribution in [0.4, 0.5) is 0 Å². The van der Waals surface area contributed by atoms with E-state index in [1.165, 1.54) is 31.4 Å². The Bertz CT molecular complexity index is 233. The summed E-state index contributed by atoms with van der Waals surface area (Å²) < 4.78 is 0. The van der Waals surface area contributed by atoms with E-state index in [2.05, 4.69) is 17.1 Å². The van der Waals surface area contributed by atoms with Crippen molar-refractivity contribution in [3.8, 4) is 0 Å². The maximum absolute atomic E-state index is 4.41. The van der Waals surface area contributed by atoms with Gasteiger partial charge in [-0.05, 0) is 43.8 Å². The van der Waals surface area contributed by atoms with Crippen molar-refractivity contribution in [2.24, 2.45) is 4.99 Å². The second kappa shape index (κ2) is 3.04. The summed E-state index contributed by atoms with van der Waals surface area (Å²) in [6.45, 7) is 0. The summed E-state index contributed by atoms with van der Waals surface area (Å²) in [7, 11) is 0. The maximum Gasteiger partial charge on any atom is 0.0398 e. The largest absolute Gasteiger partial charge is 0.261 e. The van der Waals surface area contributed by atoms with Gasteiger partial charge in [0.15, 0.2) is 0 Å². The Morgan fingerprint density at radius 1 is 1.18 bits per heavy atom. The minimum Gasteiger partial charge on any atom is -0.261 e. The number of hydrogen-bond donors (Lipinski definition) is 0. The summed E-state index contributed by atoms with van der Waals surface area (Å²) >= 11 is 0. The van der Waals surface area contributed by atoms with Crippen molar-refractivity contribution in [1.29, 1.82) is 0 Å². The number of allylic oxidation sites excluding steroid dienone is 4. The topological polar surface area (TPSA) is 12.4 Å². The third-order valence-electron chi connectivity index (χ3n) is 2.37. The van der Waals surface area contributed by atoms with Crippen molar-refractivity contribution in [3.63, 3.8) is 0 Å². The second-order valence-electron chi connectivity index (χ2n) is 3.17. The van der Waals surface area contributed by atoms with Crippen LogP contribution >= 0.6 is 0 Å². The van der Waals surface area contributed by atoms with Gasteiger partial charge < -0.3 is 0 Å². The highest BCUT2D eigenvalue weighted by molar-refractivity contribution is 5.73. The normalized spacial score (nSPS) is 23.3. The van der Waals surface area contributed by atoms with Crippen molar-refractivity contribution in [2.45, 2.75) is 32.1 Å². The summed E-state index contributed by atoms with van der Waals surface area (Å²) in [6, 6.07) is 0. The van der Waals surface area contributed by atoms with Crippen LogP contribution in [0.3, 0.4) is 0 Å². The fourth-order valence-corrected chi connectivity index (χ4v) is 1.73. The number of nitrogens with zero attached hydrogens (tertiary/aromatic N) is 1. The van der Waals surface area contributed by atoms with Gasteiger partial charge in [0.1, 0.15) is 0 Å². The highest BCUT2D eigenvalue weighted by atomic mass is 14.7. The van der Waals surface area contributed by atoms with Gasteiger partial charge in [-0.1, -0.05) is 6.08 Å².